The number of para-hydroxylation sites is 2. The summed E-state index contributed by atoms with van der Waals surface area (Å²) in [6, 6.07) is 70.4. The van der Waals surface area contributed by atoms with E-state index in [4.69, 9.17) is 15.0 Å². The van der Waals surface area contributed by atoms with Crippen LogP contribution in [0.3, 0.4) is 0 Å². The molecule has 8 aromatic carbocycles. The average Bonchev–Trinajstić information content (AvgIpc) is 3.80. The van der Waals surface area contributed by atoms with E-state index in [0.29, 0.717) is 17.6 Å². The van der Waals surface area contributed by atoms with Crippen molar-refractivity contribution in [2.45, 2.75) is 0 Å². The van der Waals surface area contributed by atoms with Crippen LogP contribution in [0.4, 0.5) is 0 Å². The molecule has 0 saturated heterocycles. The fraction of sp³-hybridized carbons (Fsp3) is 0. The molecular weight excluding hydrogens is 683 g/mol. The van der Waals surface area contributed by atoms with Gasteiger partial charge in [-0.15, -0.1) is 0 Å². The summed E-state index contributed by atoms with van der Waals surface area (Å²) in [5.41, 5.74) is 12.0. The van der Waals surface area contributed by atoms with E-state index in [0.717, 1.165) is 49.7 Å². The predicted molar refractivity (Wildman–Crippen MR) is 230 cm³/mol. The van der Waals surface area contributed by atoms with Crippen LogP contribution >= 0.6 is 0 Å². The number of nitrogens with zero attached hydrogens (tertiary/aromatic N) is 5. The van der Waals surface area contributed by atoms with Gasteiger partial charge in [-0.25, -0.2) is 4.98 Å². The van der Waals surface area contributed by atoms with Crippen molar-refractivity contribution in [3.05, 3.63) is 200 Å². The lowest BCUT2D eigenvalue weighted by Crippen LogP contribution is -2.06. The zero-order valence-electron chi connectivity index (χ0n) is 30.3. The fourth-order valence-electron chi connectivity index (χ4n) is 8.28. The molecule has 3 aromatic heterocycles. The Morgan fingerprint density at radius 3 is 1.30 bits per heavy atom. The van der Waals surface area contributed by atoms with Crippen LogP contribution in [0.1, 0.15) is 0 Å². The molecule has 56 heavy (non-hydrogen) atoms. The molecule has 11 aromatic rings. The van der Waals surface area contributed by atoms with E-state index >= 15 is 0 Å². The van der Waals surface area contributed by atoms with Gasteiger partial charge in [0.15, 0.2) is 11.6 Å². The highest BCUT2D eigenvalue weighted by Gasteiger charge is 2.23. The van der Waals surface area contributed by atoms with E-state index in [9.17, 15) is 0 Å². The lowest BCUT2D eigenvalue weighted by molar-refractivity contribution is 0.953. The summed E-state index contributed by atoms with van der Waals surface area (Å²) in [7, 11) is 0. The molecule has 0 spiro atoms. The van der Waals surface area contributed by atoms with Gasteiger partial charge < -0.3 is 4.57 Å². The van der Waals surface area contributed by atoms with Gasteiger partial charge in [0.25, 0.3) is 0 Å². The molecule has 0 saturated carbocycles. The first-order valence-electron chi connectivity index (χ1n) is 18.9. The van der Waals surface area contributed by atoms with Gasteiger partial charge in [-0.05, 0) is 47.0 Å². The van der Waals surface area contributed by atoms with Gasteiger partial charge in [0.1, 0.15) is 0 Å². The third-order valence-electron chi connectivity index (χ3n) is 10.8. The predicted octanol–water partition coefficient (Wildman–Crippen LogP) is 12.7. The van der Waals surface area contributed by atoms with Crippen LogP contribution in [0.5, 0.6) is 0 Å². The molecular formula is C51H33N5. The average molecular weight is 716 g/mol. The highest BCUT2D eigenvalue weighted by atomic mass is 15.2. The molecule has 0 aliphatic carbocycles. The van der Waals surface area contributed by atoms with Crippen molar-refractivity contribution in [2.75, 3.05) is 0 Å². The van der Waals surface area contributed by atoms with Crippen molar-refractivity contribution >= 4 is 43.6 Å². The Bertz CT molecular complexity index is 3160. The van der Waals surface area contributed by atoms with Gasteiger partial charge in [0.05, 0.1) is 27.8 Å². The highest BCUT2D eigenvalue weighted by molar-refractivity contribution is 6.29. The van der Waals surface area contributed by atoms with Crippen molar-refractivity contribution in [1.29, 1.82) is 0 Å². The first-order chi connectivity index (χ1) is 27.8. The Balaban J connectivity index is 1.23. The zero-order chi connectivity index (χ0) is 37.0. The Morgan fingerprint density at radius 2 is 0.750 bits per heavy atom. The molecule has 0 radical (unpaired) electrons. The normalized spacial score (nSPS) is 11.6. The van der Waals surface area contributed by atoms with Crippen molar-refractivity contribution in [2.24, 2.45) is 0 Å². The van der Waals surface area contributed by atoms with Gasteiger partial charge in [-0.3, -0.25) is 4.57 Å². The molecule has 0 N–H and O–H groups in total. The van der Waals surface area contributed by atoms with E-state index in [1.807, 2.05) is 36.4 Å². The standard InChI is InChI=1S/C51H33N5/c1-5-17-34(18-6-1)38-29-30-39(35-19-7-2-8-20-35)46(33-38)55-42-27-15-13-25-40(42)47-44(55)31-32-45-48(47)41-26-14-16-28-43(41)56(45)51-53-49(36-21-9-3-10-22-36)52-50(54-51)37-23-11-4-12-24-37/h1-33H. The molecule has 0 fully saturated rings. The minimum Gasteiger partial charge on any atom is -0.309 e. The fourth-order valence-corrected chi connectivity index (χ4v) is 8.28. The monoisotopic (exact) mass is 715 g/mol. The SMILES string of the molecule is c1ccc(-c2ccc(-c3ccccc3)c(-n3c4ccccc4c4c5c6ccccc6n(-c6nc(-c7ccccc7)nc(-c7ccccc7)n6)c5ccc43)c2)cc1. The molecule has 0 aliphatic rings. The quantitative estimate of drug-likeness (QED) is 0.172. The molecule has 0 unspecified atom stereocenters. The van der Waals surface area contributed by atoms with Crippen LogP contribution in [0.15, 0.2) is 200 Å². The van der Waals surface area contributed by atoms with Crippen LogP contribution in [-0.4, -0.2) is 24.1 Å². The molecule has 0 amide bonds. The van der Waals surface area contributed by atoms with Gasteiger partial charge in [-0.1, -0.05) is 170 Å². The van der Waals surface area contributed by atoms with Crippen LogP contribution < -0.4 is 0 Å². The Morgan fingerprint density at radius 1 is 0.304 bits per heavy atom. The Hall–Kier alpha value is -7.63. The number of fused-ring (bicyclic) bond motifs is 7. The topological polar surface area (TPSA) is 48.5 Å². The Labute approximate surface area is 323 Å². The molecule has 5 nitrogen and oxygen atoms in total. The van der Waals surface area contributed by atoms with Gasteiger partial charge in [0, 0.05) is 38.2 Å². The molecule has 0 bridgehead atoms. The smallest absolute Gasteiger partial charge is 0.238 e. The number of rotatable bonds is 6. The number of aromatic nitrogens is 5. The summed E-state index contributed by atoms with van der Waals surface area (Å²) in [5, 5.41) is 4.68. The summed E-state index contributed by atoms with van der Waals surface area (Å²) in [6.45, 7) is 0. The summed E-state index contributed by atoms with van der Waals surface area (Å²) in [6.07, 6.45) is 0. The van der Waals surface area contributed by atoms with Crippen LogP contribution in [0.2, 0.25) is 0 Å². The molecule has 5 heteroatoms. The number of hydrogen-bond acceptors (Lipinski definition) is 3. The van der Waals surface area contributed by atoms with Crippen LogP contribution in [-0.2, 0) is 0 Å². The number of hydrogen-bond donors (Lipinski definition) is 0. The lowest BCUT2D eigenvalue weighted by atomic mass is 9.98. The summed E-state index contributed by atoms with van der Waals surface area (Å²) >= 11 is 0. The summed E-state index contributed by atoms with van der Waals surface area (Å²) in [4.78, 5) is 15.4. The summed E-state index contributed by atoms with van der Waals surface area (Å²) < 4.78 is 4.66. The van der Waals surface area contributed by atoms with Crippen molar-refractivity contribution in [3.8, 4) is 56.7 Å². The van der Waals surface area contributed by atoms with Gasteiger partial charge >= 0.3 is 0 Å². The second-order valence-electron chi connectivity index (χ2n) is 14.0. The second-order valence-corrected chi connectivity index (χ2v) is 14.0. The number of benzene rings is 8. The zero-order valence-corrected chi connectivity index (χ0v) is 30.3. The van der Waals surface area contributed by atoms with Crippen molar-refractivity contribution < 1.29 is 0 Å². The van der Waals surface area contributed by atoms with Crippen LogP contribution in [0.25, 0.3) is 100 Å². The maximum absolute atomic E-state index is 5.19. The van der Waals surface area contributed by atoms with E-state index in [1.54, 1.807) is 0 Å². The van der Waals surface area contributed by atoms with E-state index < -0.39 is 0 Å². The minimum absolute atomic E-state index is 0.578. The minimum atomic E-state index is 0.578. The molecule has 3 heterocycles. The molecule has 262 valence electrons. The van der Waals surface area contributed by atoms with E-state index in [1.165, 1.54) is 33.0 Å². The van der Waals surface area contributed by atoms with E-state index in [-0.39, 0.29) is 0 Å². The maximum Gasteiger partial charge on any atom is 0.238 e. The third kappa shape index (κ3) is 5.13. The first kappa shape index (κ1) is 31.9. The van der Waals surface area contributed by atoms with Crippen molar-refractivity contribution in [3.63, 3.8) is 0 Å². The molecule has 11 rings (SSSR count). The highest BCUT2D eigenvalue weighted by Crippen LogP contribution is 2.44. The maximum atomic E-state index is 5.19. The third-order valence-corrected chi connectivity index (χ3v) is 10.8. The lowest BCUT2D eigenvalue weighted by Gasteiger charge is -2.16. The van der Waals surface area contributed by atoms with Crippen LogP contribution in [0, 0.1) is 0 Å². The first-order valence-corrected chi connectivity index (χ1v) is 18.9. The largest absolute Gasteiger partial charge is 0.309 e. The molecule has 0 atom stereocenters. The van der Waals surface area contributed by atoms with Gasteiger partial charge in [-0.2, -0.15) is 9.97 Å². The van der Waals surface area contributed by atoms with E-state index in [2.05, 4.69) is 173 Å². The van der Waals surface area contributed by atoms with Gasteiger partial charge in [0.2, 0.25) is 5.95 Å². The molecule has 0 aliphatic heterocycles. The van der Waals surface area contributed by atoms with Crippen molar-refractivity contribution in [1.82, 2.24) is 24.1 Å². The Kier molecular flexibility index (Phi) is 7.42. The second kappa shape index (κ2) is 13.0. The summed E-state index contributed by atoms with van der Waals surface area (Å²) in [5.74, 6) is 1.84.